The summed E-state index contributed by atoms with van der Waals surface area (Å²) in [5, 5.41) is 3.97. The van der Waals surface area contributed by atoms with Crippen molar-refractivity contribution in [1.82, 2.24) is 10.3 Å². The van der Waals surface area contributed by atoms with Crippen molar-refractivity contribution in [2.24, 2.45) is 0 Å². The minimum Gasteiger partial charge on any atom is -0.491 e. The molecule has 1 heterocycles. The highest BCUT2D eigenvalue weighted by atomic mass is 16.5. The number of nitrogens with one attached hydrogen (secondary N) is 2. The Kier molecular flexibility index (Phi) is 4.10. The Morgan fingerprint density at radius 2 is 2.21 bits per heavy atom. The Morgan fingerprint density at radius 1 is 1.42 bits per heavy atom. The second kappa shape index (κ2) is 5.78. The number of fused-ring (bicyclic) bond motifs is 1. The van der Waals surface area contributed by atoms with Gasteiger partial charge in [-0.05, 0) is 44.0 Å². The average molecular weight is 260 g/mol. The number of aromatic amines is 1. The second-order valence-electron chi connectivity index (χ2n) is 4.92. The highest BCUT2D eigenvalue weighted by molar-refractivity contribution is 5.84. The molecule has 0 atom stereocenters. The van der Waals surface area contributed by atoms with Crippen molar-refractivity contribution in [3.63, 3.8) is 0 Å². The number of H-pyrrole nitrogens is 1. The number of ether oxygens (including phenoxy) is 1. The zero-order chi connectivity index (χ0) is 13.8. The maximum Gasteiger partial charge on any atom is 0.216 e. The zero-order valence-corrected chi connectivity index (χ0v) is 11.6. The lowest BCUT2D eigenvalue weighted by atomic mass is 10.1. The van der Waals surface area contributed by atoms with Crippen LogP contribution in [0.1, 0.15) is 26.3 Å². The van der Waals surface area contributed by atoms with Crippen molar-refractivity contribution in [1.29, 1.82) is 0 Å². The van der Waals surface area contributed by atoms with E-state index in [0.717, 1.165) is 23.1 Å². The van der Waals surface area contributed by atoms with E-state index in [4.69, 9.17) is 4.74 Å². The van der Waals surface area contributed by atoms with Crippen LogP contribution in [0.15, 0.2) is 24.4 Å². The van der Waals surface area contributed by atoms with E-state index in [1.807, 2.05) is 32.2 Å². The molecule has 0 spiro atoms. The lowest BCUT2D eigenvalue weighted by Gasteiger charge is -2.09. The lowest BCUT2D eigenvalue weighted by molar-refractivity contribution is -0.118. The van der Waals surface area contributed by atoms with Crippen molar-refractivity contribution >= 4 is 16.8 Å². The number of hydrogen-bond acceptors (Lipinski definition) is 2. The van der Waals surface area contributed by atoms with Gasteiger partial charge in [0.1, 0.15) is 5.75 Å². The topological polar surface area (TPSA) is 54.1 Å². The molecular weight excluding hydrogens is 240 g/mol. The van der Waals surface area contributed by atoms with E-state index in [-0.39, 0.29) is 12.0 Å². The number of carbonyl (C=O) groups excluding carboxylic acids is 1. The monoisotopic (exact) mass is 260 g/mol. The Bertz CT molecular complexity index is 573. The van der Waals surface area contributed by atoms with E-state index in [2.05, 4.69) is 16.4 Å². The number of hydrogen-bond donors (Lipinski definition) is 2. The van der Waals surface area contributed by atoms with Gasteiger partial charge in [-0.1, -0.05) is 0 Å². The first-order valence-electron chi connectivity index (χ1n) is 6.57. The summed E-state index contributed by atoms with van der Waals surface area (Å²) >= 11 is 0. The van der Waals surface area contributed by atoms with E-state index in [9.17, 15) is 4.79 Å². The van der Waals surface area contributed by atoms with Crippen LogP contribution in [0.4, 0.5) is 0 Å². The molecule has 0 bridgehead atoms. The van der Waals surface area contributed by atoms with Crippen LogP contribution >= 0.6 is 0 Å². The summed E-state index contributed by atoms with van der Waals surface area (Å²) in [6, 6.07) is 6.04. The van der Waals surface area contributed by atoms with Crippen LogP contribution < -0.4 is 10.1 Å². The van der Waals surface area contributed by atoms with Gasteiger partial charge in [0.25, 0.3) is 0 Å². The van der Waals surface area contributed by atoms with Crippen molar-refractivity contribution in [2.75, 3.05) is 6.54 Å². The molecule has 2 rings (SSSR count). The van der Waals surface area contributed by atoms with Crippen molar-refractivity contribution < 1.29 is 9.53 Å². The Labute approximate surface area is 113 Å². The van der Waals surface area contributed by atoms with Gasteiger partial charge in [0.2, 0.25) is 5.91 Å². The molecule has 0 saturated carbocycles. The molecule has 102 valence electrons. The molecule has 0 unspecified atom stereocenters. The van der Waals surface area contributed by atoms with Gasteiger partial charge < -0.3 is 15.0 Å². The van der Waals surface area contributed by atoms with E-state index >= 15 is 0 Å². The minimum atomic E-state index is 0.00340. The molecule has 2 N–H and O–H groups in total. The summed E-state index contributed by atoms with van der Waals surface area (Å²) in [5.41, 5.74) is 2.28. The molecule has 1 amide bonds. The standard InChI is InChI=1S/C15H20N2O2/c1-10(2)19-13-4-5-15-14(8-13)12(9-17-15)6-7-16-11(3)18/h4-5,8-10,17H,6-7H2,1-3H3,(H,16,18). The summed E-state index contributed by atoms with van der Waals surface area (Å²) in [6.45, 7) is 6.21. The lowest BCUT2D eigenvalue weighted by Crippen LogP contribution is -2.22. The number of amides is 1. The maximum atomic E-state index is 10.9. The van der Waals surface area contributed by atoms with Gasteiger partial charge in [-0.3, -0.25) is 4.79 Å². The van der Waals surface area contributed by atoms with Crippen LogP contribution in [0.2, 0.25) is 0 Å². The third-order valence-corrected chi connectivity index (χ3v) is 2.88. The number of rotatable bonds is 5. The normalized spacial score (nSPS) is 10.9. The molecule has 2 aromatic rings. The average Bonchev–Trinajstić information content (AvgIpc) is 2.71. The van der Waals surface area contributed by atoms with Crippen LogP contribution in [0.5, 0.6) is 5.75 Å². The smallest absolute Gasteiger partial charge is 0.216 e. The van der Waals surface area contributed by atoms with Crippen molar-refractivity contribution in [3.8, 4) is 5.75 Å². The molecule has 4 nitrogen and oxygen atoms in total. The first-order chi connectivity index (χ1) is 9.06. The molecule has 1 aromatic carbocycles. The predicted molar refractivity (Wildman–Crippen MR) is 76.5 cm³/mol. The number of aromatic nitrogens is 1. The summed E-state index contributed by atoms with van der Waals surface area (Å²) in [5.74, 6) is 0.881. The fraction of sp³-hybridized carbons (Fsp3) is 0.400. The van der Waals surface area contributed by atoms with E-state index in [1.165, 1.54) is 12.5 Å². The van der Waals surface area contributed by atoms with Gasteiger partial charge >= 0.3 is 0 Å². The Balaban J connectivity index is 2.17. The first kappa shape index (κ1) is 13.5. The third-order valence-electron chi connectivity index (χ3n) is 2.88. The first-order valence-corrected chi connectivity index (χ1v) is 6.57. The van der Waals surface area contributed by atoms with Gasteiger partial charge in [0, 0.05) is 30.6 Å². The van der Waals surface area contributed by atoms with Gasteiger partial charge in [-0.25, -0.2) is 0 Å². The summed E-state index contributed by atoms with van der Waals surface area (Å²) < 4.78 is 5.71. The second-order valence-corrected chi connectivity index (χ2v) is 4.92. The van der Waals surface area contributed by atoms with Crippen LogP contribution in [-0.2, 0) is 11.2 Å². The van der Waals surface area contributed by atoms with Gasteiger partial charge in [0.15, 0.2) is 0 Å². The SMILES string of the molecule is CC(=O)NCCc1c[nH]c2ccc(OC(C)C)cc12. The third kappa shape index (κ3) is 3.50. The zero-order valence-electron chi connectivity index (χ0n) is 11.6. The molecule has 0 aliphatic rings. The Morgan fingerprint density at radius 3 is 2.89 bits per heavy atom. The van der Waals surface area contributed by atoms with Crippen LogP contribution in [0.3, 0.4) is 0 Å². The van der Waals surface area contributed by atoms with Gasteiger partial charge in [-0.2, -0.15) is 0 Å². The molecule has 0 fully saturated rings. The molecule has 1 aromatic heterocycles. The summed E-state index contributed by atoms with van der Waals surface area (Å²) in [7, 11) is 0. The molecule has 19 heavy (non-hydrogen) atoms. The van der Waals surface area contributed by atoms with Crippen molar-refractivity contribution in [3.05, 3.63) is 30.0 Å². The van der Waals surface area contributed by atoms with Crippen LogP contribution in [0, 0.1) is 0 Å². The largest absolute Gasteiger partial charge is 0.491 e. The van der Waals surface area contributed by atoms with Crippen molar-refractivity contribution in [2.45, 2.75) is 33.3 Å². The van der Waals surface area contributed by atoms with E-state index in [0.29, 0.717) is 6.54 Å². The highest BCUT2D eigenvalue weighted by Crippen LogP contribution is 2.24. The fourth-order valence-corrected chi connectivity index (χ4v) is 2.08. The number of benzene rings is 1. The Hall–Kier alpha value is -1.97. The molecular formula is C15H20N2O2. The molecule has 0 radical (unpaired) electrons. The predicted octanol–water partition coefficient (Wildman–Crippen LogP) is 2.63. The summed E-state index contributed by atoms with van der Waals surface area (Å²) in [6.07, 6.45) is 2.97. The van der Waals surface area contributed by atoms with Gasteiger partial charge in [0.05, 0.1) is 6.10 Å². The van der Waals surface area contributed by atoms with E-state index < -0.39 is 0 Å². The van der Waals surface area contributed by atoms with Crippen LogP contribution in [-0.4, -0.2) is 23.5 Å². The molecule has 0 aliphatic heterocycles. The van der Waals surface area contributed by atoms with Gasteiger partial charge in [-0.15, -0.1) is 0 Å². The number of carbonyl (C=O) groups is 1. The minimum absolute atomic E-state index is 0.00340. The molecule has 0 aliphatic carbocycles. The molecule has 4 heteroatoms. The van der Waals surface area contributed by atoms with E-state index in [1.54, 1.807) is 0 Å². The maximum absolute atomic E-state index is 10.9. The quantitative estimate of drug-likeness (QED) is 0.868. The summed E-state index contributed by atoms with van der Waals surface area (Å²) in [4.78, 5) is 14.1. The fourth-order valence-electron chi connectivity index (χ4n) is 2.08. The highest BCUT2D eigenvalue weighted by Gasteiger charge is 2.06. The molecule has 0 saturated heterocycles. The van der Waals surface area contributed by atoms with Crippen LogP contribution in [0.25, 0.3) is 10.9 Å².